The van der Waals surface area contributed by atoms with Crippen molar-refractivity contribution in [1.29, 1.82) is 0 Å². The fraction of sp³-hybridized carbons (Fsp3) is 0.0172. The maximum Gasteiger partial charge on any atom is 0.0705 e. The molecule has 0 N–H and O–H groups in total. The molecular weight excluding hydrogens is 978 g/mol. The van der Waals surface area contributed by atoms with E-state index in [1.54, 1.807) is 0 Å². The van der Waals surface area contributed by atoms with Crippen LogP contribution in [0.15, 0.2) is 226 Å². The van der Waals surface area contributed by atoms with Crippen LogP contribution in [0.5, 0.6) is 0 Å². The number of hydrogen-bond donors (Lipinski definition) is 0. The van der Waals surface area contributed by atoms with Crippen LogP contribution in [0.4, 0.5) is 0 Å². The Hall–Kier alpha value is -6.57. The lowest BCUT2D eigenvalue weighted by Crippen LogP contribution is -1.94. The quantitative estimate of drug-likeness (QED) is 0.145. The number of aryl methyl sites for hydroxylation is 1. The summed E-state index contributed by atoms with van der Waals surface area (Å²) < 4.78 is 3.08. The number of benzene rings is 7. The molecule has 0 atom stereocenters. The van der Waals surface area contributed by atoms with Crippen LogP contribution >= 0.6 is 47.8 Å². The number of pyridine rings is 3. The predicted octanol–water partition coefficient (Wildman–Crippen LogP) is 17.5. The van der Waals surface area contributed by atoms with Gasteiger partial charge in [-0.1, -0.05) is 169 Å². The standard InChI is InChI=1S/C58H38Br3N3/c1-37-27-58(40-13-10-16-48(61)33-40)64-36-55(37)54-22-7-6-21-53(54)45-29-43(51-19-4-2-17-49(51)41-23-25-56(62-34-41)38-11-8-14-46(59)31-38)28-44(30-45)52-20-5-3-18-50(52)42-24-26-57(63-35-42)39-12-9-15-47(60)32-39/h2-36H,1H3. The molecule has 0 spiro atoms. The predicted molar refractivity (Wildman–Crippen MR) is 277 cm³/mol. The van der Waals surface area contributed by atoms with Gasteiger partial charge in [-0.15, -0.1) is 0 Å². The molecule has 10 rings (SSSR count). The van der Waals surface area contributed by atoms with E-state index < -0.39 is 0 Å². The van der Waals surface area contributed by atoms with Crippen LogP contribution in [0.1, 0.15) is 5.56 Å². The van der Waals surface area contributed by atoms with Crippen LogP contribution in [-0.4, -0.2) is 15.0 Å². The van der Waals surface area contributed by atoms with Crippen LogP contribution in [0.2, 0.25) is 0 Å². The first-order valence-corrected chi connectivity index (χ1v) is 23.3. The largest absolute Gasteiger partial charge is 0.256 e. The third kappa shape index (κ3) is 8.69. The van der Waals surface area contributed by atoms with Gasteiger partial charge in [-0.25, -0.2) is 0 Å². The van der Waals surface area contributed by atoms with Crippen molar-refractivity contribution in [2.75, 3.05) is 0 Å². The summed E-state index contributed by atoms with van der Waals surface area (Å²) in [6.45, 7) is 2.18. The molecule has 10 aromatic rings. The molecule has 7 aromatic carbocycles. The van der Waals surface area contributed by atoms with Gasteiger partial charge in [0.15, 0.2) is 0 Å². The molecule has 306 valence electrons. The summed E-state index contributed by atoms with van der Waals surface area (Å²) in [5.41, 5.74) is 20.3. The van der Waals surface area contributed by atoms with E-state index in [1.165, 1.54) is 0 Å². The summed E-state index contributed by atoms with van der Waals surface area (Å²) in [7, 11) is 0. The van der Waals surface area contributed by atoms with Crippen molar-refractivity contribution in [3.63, 3.8) is 0 Å². The molecule has 0 saturated carbocycles. The zero-order valence-electron chi connectivity index (χ0n) is 34.7. The van der Waals surface area contributed by atoms with E-state index in [9.17, 15) is 0 Å². The minimum atomic E-state index is 0.925. The fourth-order valence-corrected chi connectivity index (χ4v) is 9.62. The highest BCUT2D eigenvalue weighted by Gasteiger charge is 2.18. The highest BCUT2D eigenvalue weighted by atomic mass is 79.9. The third-order valence-corrected chi connectivity index (χ3v) is 13.0. The molecule has 0 aliphatic rings. The third-order valence-electron chi connectivity index (χ3n) is 11.6. The molecule has 0 bridgehead atoms. The Morgan fingerprint density at radius 1 is 0.266 bits per heavy atom. The summed E-state index contributed by atoms with van der Waals surface area (Å²) >= 11 is 10.9. The summed E-state index contributed by atoms with van der Waals surface area (Å²) in [5.74, 6) is 0. The molecule has 0 aliphatic carbocycles. The Morgan fingerprint density at radius 3 is 1.00 bits per heavy atom. The Labute approximate surface area is 399 Å². The van der Waals surface area contributed by atoms with E-state index in [4.69, 9.17) is 15.0 Å². The molecule has 0 unspecified atom stereocenters. The van der Waals surface area contributed by atoms with Gasteiger partial charge >= 0.3 is 0 Å². The van der Waals surface area contributed by atoms with Crippen molar-refractivity contribution < 1.29 is 0 Å². The van der Waals surface area contributed by atoms with Crippen LogP contribution in [0.25, 0.3) is 101 Å². The second kappa shape index (κ2) is 18.3. The van der Waals surface area contributed by atoms with Crippen molar-refractivity contribution in [2.24, 2.45) is 0 Å². The highest BCUT2D eigenvalue weighted by molar-refractivity contribution is 9.11. The molecule has 0 amide bonds. The lowest BCUT2D eigenvalue weighted by Gasteiger charge is -2.18. The Balaban J connectivity index is 1.12. The minimum absolute atomic E-state index is 0.925. The molecule has 0 fully saturated rings. The monoisotopic (exact) mass is 1010 g/mol. The maximum atomic E-state index is 5.00. The van der Waals surface area contributed by atoms with E-state index in [-0.39, 0.29) is 0 Å². The molecule has 3 heterocycles. The zero-order chi connectivity index (χ0) is 43.6. The first-order chi connectivity index (χ1) is 31.3. The second-order valence-corrected chi connectivity index (χ2v) is 18.5. The van der Waals surface area contributed by atoms with Crippen LogP contribution in [-0.2, 0) is 0 Å². The van der Waals surface area contributed by atoms with Crippen molar-refractivity contribution in [3.05, 3.63) is 232 Å². The molecule has 6 heteroatoms. The van der Waals surface area contributed by atoms with E-state index in [0.29, 0.717) is 0 Å². The summed E-state index contributed by atoms with van der Waals surface area (Å²) in [4.78, 5) is 14.9. The van der Waals surface area contributed by atoms with Gasteiger partial charge in [-0.2, -0.15) is 0 Å². The van der Waals surface area contributed by atoms with Gasteiger partial charge in [-0.05, 0) is 135 Å². The fourth-order valence-electron chi connectivity index (χ4n) is 8.42. The highest BCUT2D eigenvalue weighted by Crippen LogP contribution is 2.43. The van der Waals surface area contributed by atoms with Gasteiger partial charge in [0.2, 0.25) is 0 Å². The van der Waals surface area contributed by atoms with E-state index in [2.05, 4.69) is 212 Å². The van der Waals surface area contributed by atoms with E-state index >= 15 is 0 Å². The SMILES string of the molecule is Cc1cc(-c2cccc(Br)c2)ncc1-c1ccccc1-c1cc(-c2ccccc2-c2ccc(-c3cccc(Br)c3)nc2)cc(-c2ccccc2-c2ccc(-c3cccc(Br)c3)nc2)c1. The van der Waals surface area contributed by atoms with Gasteiger partial charge in [0, 0.05) is 65.4 Å². The molecule has 64 heavy (non-hydrogen) atoms. The van der Waals surface area contributed by atoms with Crippen molar-refractivity contribution >= 4 is 47.8 Å². The van der Waals surface area contributed by atoms with Crippen molar-refractivity contribution in [2.45, 2.75) is 6.92 Å². The van der Waals surface area contributed by atoms with Crippen LogP contribution in [0.3, 0.4) is 0 Å². The smallest absolute Gasteiger partial charge is 0.0705 e. The lowest BCUT2D eigenvalue weighted by atomic mass is 9.86. The Morgan fingerprint density at radius 2 is 0.625 bits per heavy atom. The average Bonchev–Trinajstić information content (AvgIpc) is 3.34. The van der Waals surface area contributed by atoms with Gasteiger partial charge < -0.3 is 0 Å². The first kappa shape index (κ1) is 41.4. The van der Waals surface area contributed by atoms with Crippen molar-refractivity contribution in [1.82, 2.24) is 15.0 Å². The average molecular weight is 1020 g/mol. The molecule has 0 saturated heterocycles. The molecule has 3 aromatic heterocycles. The van der Waals surface area contributed by atoms with Crippen LogP contribution < -0.4 is 0 Å². The minimum Gasteiger partial charge on any atom is -0.256 e. The molecule has 3 nitrogen and oxygen atoms in total. The number of nitrogens with zero attached hydrogens (tertiary/aromatic N) is 3. The van der Waals surface area contributed by atoms with Gasteiger partial charge in [0.05, 0.1) is 17.1 Å². The summed E-state index contributed by atoms with van der Waals surface area (Å²) in [5, 5.41) is 0. The molecule has 0 aliphatic heterocycles. The van der Waals surface area contributed by atoms with Crippen LogP contribution in [0, 0.1) is 6.92 Å². The Bertz CT molecular complexity index is 3170. The number of halogens is 3. The van der Waals surface area contributed by atoms with Gasteiger partial charge in [0.25, 0.3) is 0 Å². The van der Waals surface area contributed by atoms with E-state index in [0.717, 1.165) is 120 Å². The lowest BCUT2D eigenvalue weighted by molar-refractivity contribution is 1.28. The first-order valence-electron chi connectivity index (χ1n) is 21.0. The number of rotatable bonds is 9. The van der Waals surface area contributed by atoms with Crippen molar-refractivity contribution in [3.8, 4) is 101 Å². The zero-order valence-corrected chi connectivity index (χ0v) is 39.4. The van der Waals surface area contributed by atoms with Gasteiger partial charge in [-0.3, -0.25) is 15.0 Å². The normalized spacial score (nSPS) is 11.1. The summed E-state index contributed by atoms with van der Waals surface area (Å²) in [6.07, 6.45) is 6.00. The molecule has 0 radical (unpaired) electrons. The Kier molecular flexibility index (Phi) is 11.8. The number of aromatic nitrogens is 3. The van der Waals surface area contributed by atoms with Gasteiger partial charge in [0.1, 0.15) is 0 Å². The topological polar surface area (TPSA) is 38.7 Å². The second-order valence-electron chi connectivity index (χ2n) is 15.7. The summed E-state index contributed by atoms with van der Waals surface area (Å²) in [6, 6.07) is 68.5. The van der Waals surface area contributed by atoms with E-state index in [1.807, 2.05) is 55.0 Å². The molecular formula is C58H38Br3N3. The number of hydrogen-bond acceptors (Lipinski definition) is 3. The maximum absolute atomic E-state index is 5.00.